The van der Waals surface area contributed by atoms with E-state index in [1.54, 1.807) is 0 Å². The summed E-state index contributed by atoms with van der Waals surface area (Å²) in [4.78, 5) is 2.67. The first-order valence-corrected chi connectivity index (χ1v) is 13.8. The van der Waals surface area contributed by atoms with Crippen LogP contribution in [0.5, 0.6) is 0 Å². The fraction of sp³-hybridized carbons (Fsp3) is 0. The molecule has 6 aromatic carbocycles. The molecule has 0 unspecified atom stereocenters. The lowest BCUT2D eigenvalue weighted by atomic mass is 10.00. The van der Waals surface area contributed by atoms with Gasteiger partial charge in [-0.25, -0.2) is 0 Å². The van der Waals surface area contributed by atoms with Crippen molar-refractivity contribution < 1.29 is 0 Å². The van der Waals surface area contributed by atoms with E-state index in [1.165, 1.54) is 73.4 Å². The van der Waals surface area contributed by atoms with Gasteiger partial charge in [-0.1, -0.05) is 97.1 Å². The molecule has 2 aromatic heterocycles. The second kappa shape index (κ2) is 7.76. The molecule has 0 amide bonds. The average molecular weight is 493 g/mol. The van der Waals surface area contributed by atoms with Gasteiger partial charge < -0.3 is 0 Å². The van der Waals surface area contributed by atoms with E-state index in [0.717, 1.165) is 0 Å². The first-order chi connectivity index (χ1) is 17.8. The van der Waals surface area contributed by atoms with E-state index in [2.05, 4.69) is 121 Å². The predicted octanol–water partition coefficient (Wildman–Crippen LogP) is 10.9. The Kier molecular flexibility index (Phi) is 4.36. The van der Waals surface area contributed by atoms with E-state index in [4.69, 9.17) is 0 Å². The molecule has 0 aliphatic heterocycles. The Hall–Kier alpha value is -3.98. The number of hydrogen-bond donors (Lipinski definition) is 0. The Balaban J connectivity index is 1.18. The molecule has 168 valence electrons. The smallest absolute Gasteiger partial charge is 0.0463 e. The third-order valence-corrected chi connectivity index (χ3v) is 9.66. The minimum atomic E-state index is 1.30. The van der Waals surface area contributed by atoms with Crippen LogP contribution in [0, 0.1) is 0 Å². The highest BCUT2D eigenvalue weighted by molar-refractivity contribution is 7.31. The number of hydrogen-bond acceptors (Lipinski definition) is 2. The summed E-state index contributed by atoms with van der Waals surface area (Å²) in [7, 11) is 0. The zero-order valence-corrected chi connectivity index (χ0v) is 21.0. The molecular weight excluding hydrogens is 473 g/mol. The molecule has 0 aliphatic carbocycles. The molecule has 0 radical (unpaired) electrons. The van der Waals surface area contributed by atoms with Gasteiger partial charge in [-0.15, -0.1) is 22.7 Å². The molecule has 8 rings (SSSR count). The lowest BCUT2D eigenvalue weighted by Gasteiger charge is -2.06. The van der Waals surface area contributed by atoms with Crippen molar-refractivity contribution in [3.8, 4) is 20.9 Å². The minimum Gasteiger partial charge on any atom is -0.134 e. The SMILES string of the molecule is c1ccc2c(c1)ccc1cc(-c3cc4sc(-c5ccc6c(ccc7ccccc76)c5)cc4s3)ccc12. The Labute approximate surface area is 216 Å². The Morgan fingerprint density at radius 3 is 1.25 bits per heavy atom. The summed E-state index contributed by atoms with van der Waals surface area (Å²) < 4.78 is 2.73. The number of benzene rings is 6. The maximum Gasteiger partial charge on any atom is 0.0463 e. The lowest BCUT2D eigenvalue weighted by molar-refractivity contribution is 1.75. The maximum absolute atomic E-state index is 2.37. The van der Waals surface area contributed by atoms with Gasteiger partial charge in [0.15, 0.2) is 0 Å². The second-order valence-corrected chi connectivity index (χ2v) is 11.6. The average Bonchev–Trinajstić information content (AvgIpc) is 3.52. The van der Waals surface area contributed by atoms with E-state index in [9.17, 15) is 0 Å². The third kappa shape index (κ3) is 3.12. The highest BCUT2D eigenvalue weighted by atomic mass is 32.1. The van der Waals surface area contributed by atoms with Crippen LogP contribution in [0.2, 0.25) is 0 Å². The molecule has 36 heavy (non-hydrogen) atoms. The van der Waals surface area contributed by atoms with Crippen LogP contribution in [-0.2, 0) is 0 Å². The molecule has 2 heteroatoms. The molecule has 8 aromatic rings. The quantitative estimate of drug-likeness (QED) is 0.211. The topological polar surface area (TPSA) is 0 Å². The second-order valence-electron chi connectivity index (χ2n) is 9.40. The third-order valence-electron chi connectivity index (χ3n) is 7.27. The predicted molar refractivity (Wildman–Crippen MR) is 161 cm³/mol. The summed E-state index contributed by atoms with van der Waals surface area (Å²) in [5.41, 5.74) is 2.59. The first kappa shape index (κ1) is 20.2. The molecule has 0 atom stereocenters. The summed E-state index contributed by atoms with van der Waals surface area (Å²) >= 11 is 3.79. The summed E-state index contributed by atoms with van der Waals surface area (Å²) in [6.07, 6.45) is 0. The lowest BCUT2D eigenvalue weighted by Crippen LogP contribution is -1.79. The van der Waals surface area contributed by atoms with Crippen LogP contribution in [0.4, 0.5) is 0 Å². The molecule has 0 nitrogen and oxygen atoms in total. The highest BCUT2D eigenvalue weighted by Gasteiger charge is 2.12. The van der Waals surface area contributed by atoms with Gasteiger partial charge in [0.25, 0.3) is 0 Å². The van der Waals surface area contributed by atoms with Gasteiger partial charge in [0, 0.05) is 19.2 Å². The zero-order chi connectivity index (χ0) is 23.6. The van der Waals surface area contributed by atoms with Gasteiger partial charge >= 0.3 is 0 Å². The fourth-order valence-electron chi connectivity index (χ4n) is 5.45. The van der Waals surface area contributed by atoms with Gasteiger partial charge in [-0.3, -0.25) is 0 Å². The van der Waals surface area contributed by atoms with Crippen molar-refractivity contribution in [2.24, 2.45) is 0 Å². The first-order valence-electron chi connectivity index (χ1n) is 12.2. The molecular formula is C34H20S2. The van der Waals surface area contributed by atoms with Crippen molar-refractivity contribution in [1.82, 2.24) is 0 Å². The van der Waals surface area contributed by atoms with Crippen LogP contribution in [0.3, 0.4) is 0 Å². The Morgan fingerprint density at radius 1 is 0.333 bits per heavy atom. The highest BCUT2D eigenvalue weighted by Crippen LogP contribution is 2.43. The normalized spacial score (nSPS) is 11.9. The van der Waals surface area contributed by atoms with Crippen LogP contribution in [0.1, 0.15) is 0 Å². The van der Waals surface area contributed by atoms with Gasteiger partial charge in [0.1, 0.15) is 0 Å². The standard InChI is InChI=1S/C34H20S2/c1-3-7-27-21(5-1)9-11-23-17-25(13-15-29(23)27)31-19-33-34(35-31)20-32(36-33)26-14-16-30-24(18-26)12-10-22-6-2-4-8-28(22)30/h1-20H. The van der Waals surface area contributed by atoms with Gasteiger partial charge in [-0.2, -0.15) is 0 Å². The summed E-state index contributed by atoms with van der Waals surface area (Å²) in [6.45, 7) is 0. The van der Waals surface area contributed by atoms with E-state index < -0.39 is 0 Å². The number of rotatable bonds is 2. The van der Waals surface area contributed by atoms with Crippen LogP contribution in [0.15, 0.2) is 121 Å². The minimum absolute atomic E-state index is 1.30. The van der Waals surface area contributed by atoms with Gasteiger partial charge in [-0.05, 0) is 78.5 Å². The van der Waals surface area contributed by atoms with E-state index in [0.29, 0.717) is 0 Å². The van der Waals surface area contributed by atoms with Gasteiger partial charge in [0.2, 0.25) is 0 Å². The molecule has 0 N–H and O–H groups in total. The number of thiophene rings is 2. The van der Waals surface area contributed by atoms with Crippen LogP contribution in [0.25, 0.3) is 73.4 Å². The van der Waals surface area contributed by atoms with Crippen molar-refractivity contribution >= 4 is 75.2 Å². The van der Waals surface area contributed by atoms with Crippen molar-refractivity contribution in [3.63, 3.8) is 0 Å². The van der Waals surface area contributed by atoms with Crippen LogP contribution < -0.4 is 0 Å². The van der Waals surface area contributed by atoms with E-state index in [1.807, 2.05) is 22.7 Å². The molecule has 0 saturated heterocycles. The Bertz CT molecular complexity index is 1930. The maximum atomic E-state index is 2.37. The summed E-state index contributed by atoms with van der Waals surface area (Å²) in [5.74, 6) is 0. The van der Waals surface area contributed by atoms with Crippen molar-refractivity contribution in [3.05, 3.63) is 121 Å². The molecule has 0 aliphatic rings. The molecule has 0 bridgehead atoms. The monoisotopic (exact) mass is 492 g/mol. The van der Waals surface area contributed by atoms with Gasteiger partial charge in [0.05, 0.1) is 0 Å². The fourth-order valence-corrected chi connectivity index (χ4v) is 7.84. The molecule has 2 heterocycles. The summed E-state index contributed by atoms with van der Waals surface area (Å²) in [5, 5.41) is 10.5. The Morgan fingerprint density at radius 2 is 0.750 bits per heavy atom. The largest absolute Gasteiger partial charge is 0.134 e. The van der Waals surface area contributed by atoms with E-state index >= 15 is 0 Å². The molecule has 0 saturated carbocycles. The molecule has 0 fully saturated rings. The molecule has 0 spiro atoms. The van der Waals surface area contributed by atoms with Crippen molar-refractivity contribution in [1.29, 1.82) is 0 Å². The number of fused-ring (bicyclic) bond motifs is 7. The van der Waals surface area contributed by atoms with Crippen molar-refractivity contribution in [2.75, 3.05) is 0 Å². The van der Waals surface area contributed by atoms with Crippen LogP contribution in [-0.4, -0.2) is 0 Å². The van der Waals surface area contributed by atoms with Crippen molar-refractivity contribution in [2.45, 2.75) is 0 Å². The van der Waals surface area contributed by atoms with Crippen LogP contribution >= 0.6 is 22.7 Å². The summed E-state index contributed by atoms with van der Waals surface area (Å²) in [6, 6.07) is 44.7. The van der Waals surface area contributed by atoms with E-state index in [-0.39, 0.29) is 0 Å². The zero-order valence-electron chi connectivity index (χ0n) is 19.4.